The van der Waals surface area contributed by atoms with Gasteiger partial charge in [0.05, 0.1) is 16.4 Å². The van der Waals surface area contributed by atoms with Gasteiger partial charge < -0.3 is 5.32 Å². The Balaban J connectivity index is 2.79. The van der Waals surface area contributed by atoms with Crippen LogP contribution in [0.25, 0.3) is 0 Å². The molecular weight excluding hydrogens is 268 g/mol. The lowest BCUT2D eigenvalue weighted by molar-refractivity contribution is -0.129. The molecule has 98 valence electrons. The minimum atomic E-state index is -0.921. The molecule has 0 fully saturated rings. The van der Waals surface area contributed by atoms with Crippen LogP contribution in [0, 0.1) is 16.7 Å². The zero-order valence-electron chi connectivity index (χ0n) is 10.8. The van der Waals surface area contributed by atoms with E-state index in [0.717, 1.165) is 4.88 Å². The molecule has 1 rings (SSSR count). The molecule has 18 heavy (non-hydrogen) atoms. The third-order valence-electron chi connectivity index (χ3n) is 3.22. The Bertz CT molecular complexity index is 460. The lowest BCUT2D eigenvalue weighted by Gasteiger charge is -2.24. The van der Waals surface area contributed by atoms with Crippen molar-refractivity contribution in [1.82, 2.24) is 5.32 Å². The van der Waals surface area contributed by atoms with E-state index in [1.165, 1.54) is 11.3 Å². The van der Waals surface area contributed by atoms with Crippen LogP contribution < -0.4 is 5.32 Å². The van der Waals surface area contributed by atoms with Gasteiger partial charge in [-0.3, -0.25) is 4.79 Å². The van der Waals surface area contributed by atoms with E-state index in [-0.39, 0.29) is 11.9 Å². The first-order valence-electron chi connectivity index (χ1n) is 5.96. The molecule has 0 spiro atoms. The van der Waals surface area contributed by atoms with Gasteiger partial charge in [-0.15, -0.1) is 11.3 Å². The zero-order valence-corrected chi connectivity index (χ0v) is 12.4. The summed E-state index contributed by atoms with van der Waals surface area (Å²) in [6.45, 7) is 5.62. The number of hydrogen-bond donors (Lipinski definition) is 1. The molecule has 1 N–H and O–H groups in total. The summed E-state index contributed by atoms with van der Waals surface area (Å²) in [7, 11) is 0. The summed E-state index contributed by atoms with van der Waals surface area (Å²) in [6.07, 6.45) is 1.04. The van der Waals surface area contributed by atoms with Gasteiger partial charge in [-0.05, 0) is 31.9 Å². The summed E-state index contributed by atoms with van der Waals surface area (Å²) in [5, 5.41) is 12.1. The van der Waals surface area contributed by atoms with Crippen molar-refractivity contribution < 1.29 is 4.79 Å². The SMILES string of the molecule is CCC(C#N)(CC)C(=O)NC(C)c1ccc(Cl)s1. The van der Waals surface area contributed by atoms with Crippen molar-refractivity contribution in [2.45, 2.75) is 39.7 Å². The summed E-state index contributed by atoms with van der Waals surface area (Å²) in [5.41, 5.74) is -0.921. The van der Waals surface area contributed by atoms with Gasteiger partial charge in [-0.25, -0.2) is 0 Å². The van der Waals surface area contributed by atoms with Gasteiger partial charge >= 0.3 is 0 Å². The van der Waals surface area contributed by atoms with E-state index in [9.17, 15) is 10.1 Å². The Labute approximate surface area is 117 Å². The van der Waals surface area contributed by atoms with E-state index >= 15 is 0 Å². The van der Waals surface area contributed by atoms with Crippen LogP contribution in [-0.4, -0.2) is 5.91 Å². The zero-order chi connectivity index (χ0) is 13.8. The molecule has 0 saturated heterocycles. The summed E-state index contributed by atoms with van der Waals surface area (Å²) in [4.78, 5) is 13.2. The van der Waals surface area contributed by atoms with Crippen molar-refractivity contribution in [3.63, 3.8) is 0 Å². The van der Waals surface area contributed by atoms with Gasteiger partial charge in [0.15, 0.2) is 0 Å². The molecule has 1 heterocycles. The monoisotopic (exact) mass is 284 g/mol. The van der Waals surface area contributed by atoms with Crippen molar-refractivity contribution in [2.75, 3.05) is 0 Å². The molecule has 0 aliphatic rings. The molecule has 1 amide bonds. The summed E-state index contributed by atoms with van der Waals surface area (Å²) in [5.74, 6) is -0.202. The Morgan fingerprint density at radius 2 is 2.17 bits per heavy atom. The first-order valence-corrected chi connectivity index (χ1v) is 7.16. The third-order valence-corrected chi connectivity index (χ3v) is 4.64. The topological polar surface area (TPSA) is 52.9 Å². The van der Waals surface area contributed by atoms with Crippen LogP contribution in [0.2, 0.25) is 4.34 Å². The fraction of sp³-hybridized carbons (Fsp3) is 0.538. The number of halogens is 1. The molecule has 0 aliphatic carbocycles. The van der Waals surface area contributed by atoms with Crippen LogP contribution >= 0.6 is 22.9 Å². The van der Waals surface area contributed by atoms with E-state index in [2.05, 4.69) is 11.4 Å². The molecule has 0 radical (unpaired) electrons. The highest BCUT2D eigenvalue weighted by atomic mass is 35.5. The number of carbonyl (C=O) groups is 1. The fourth-order valence-electron chi connectivity index (χ4n) is 1.75. The predicted molar refractivity (Wildman–Crippen MR) is 74.5 cm³/mol. The predicted octanol–water partition coefficient (Wildman–Crippen LogP) is 3.91. The second-order valence-electron chi connectivity index (χ2n) is 4.24. The summed E-state index contributed by atoms with van der Waals surface area (Å²) >= 11 is 7.31. The maximum absolute atomic E-state index is 12.2. The highest BCUT2D eigenvalue weighted by molar-refractivity contribution is 7.16. The van der Waals surface area contributed by atoms with Gasteiger partial charge in [0.25, 0.3) is 0 Å². The molecule has 0 aromatic carbocycles. The van der Waals surface area contributed by atoms with E-state index in [1.807, 2.05) is 26.8 Å². The van der Waals surface area contributed by atoms with Gasteiger partial charge in [0.1, 0.15) is 5.41 Å². The lowest BCUT2D eigenvalue weighted by atomic mass is 9.83. The van der Waals surface area contributed by atoms with E-state index < -0.39 is 5.41 Å². The molecule has 5 heteroatoms. The summed E-state index contributed by atoms with van der Waals surface area (Å²) < 4.78 is 0.698. The first-order chi connectivity index (χ1) is 8.49. The smallest absolute Gasteiger partial charge is 0.240 e. The number of nitriles is 1. The number of thiophene rings is 1. The van der Waals surface area contributed by atoms with Crippen molar-refractivity contribution in [1.29, 1.82) is 5.26 Å². The molecule has 0 bridgehead atoms. The Kier molecular flexibility index (Phi) is 5.18. The fourth-order valence-corrected chi connectivity index (χ4v) is 2.81. The average molecular weight is 285 g/mol. The molecule has 1 atom stereocenters. The van der Waals surface area contributed by atoms with Crippen molar-refractivity contribution in [3.05, 3.63) is 21.3 Å². The van der Waals surface area contributed by atoms with Crippen molar-refractivity contribution in [2.24, 2.45) is 5.41 Å². The molecular formula is C13H17ClN2OS. The normalized spacial score (nSPS) is 12.8. The number of amides is 1. The minimum Gasteiger partial charge on any atom is -0.347 e. The van der Waals surface area contributed by atoms with E-state index in [4.69, 9.17) is 11.6 Å². The second-order valence-corrected chi connectivity index (χ2v) is 5.98. The van der Waals surface area contributed by atoms with Crippen LogP contribution in [0.1, 0.15) is 44.5 Å². The van der Waals surface area contributed by atoms with E-state index in [0.29, 0.717) is 17.2 Å². The number of carbonyl (C=O) groups excluding carboxylic acids is 1. The van der Waals surface area contributed by atoms with Gasteiger partial charge in [0, 0.05) is 4.88 Å². The molecule has 1 aromatic heterocycles. The minimum absolute atomic E-state index is 0.124. The highest BCUT2D eigenvalue weighted by Gasteiger charge is 2.35. The molecule has 3 nitrogen and oxygen atoms in total. The van der Waals surface area contributed by atoms with Crippen molar-refractivity contribution in [3.8, 4) is 6.07 Å². The van der Waals surface area contributed by atoms with Gasteiger partial charge in [-0.2, -0.15) is 5.26 Å². The maximum Gasteiger partial charge on any atom is 0.240 e. The number of nitrogens with zero attached hydrogens (tertiary/aromatic N) is 1. The van der Waals surface area contributed by atoms with Gasteiger partial charge in [-0.1, -0.05) is 25.4 Å². The van der Waals surface area contributed by atoms with Crippen LogP contribution in [0.5, 0.6) is 0 Å². The Morgan fingerprint density at radius 3 is 2.56 bits per heavy atom. The molecule has 0 aliphatic heterocycles. The number of rotatable bonds is 5. The van der Waals surface area contributed by atoms with E-state index in [1.54, 1.807) is 6.07 Å². The van der Waals surface area contributed by atoms with Crippen LogP contribution in [0.15, 0.2) is 12.1 Å². The lowest BCUT2D eigenvalue weighted by Crippen LogP contribution is -2.40. The molecule has 1 aromatic rings. The quantitative estimate of drug-likeness (QED) is 0.891. The van der Waals surface area contributed by atoms with Crippen LogP contribution in [0.4, 0.5) is 0 Å². The van der Waals surface area contributed by atoms with Crippen molar-refractivity contribution >= 4 is 28.8 Å². The number of nitrogens with one attached hydrogen (secondary N) is 1. The average Bonchev–Trinajstić information content (AvgIpc) is 2.79. The second kappa shape index (κ2) is 6.21. The van der Waals surface area contributed by atoms with Crippen LogP contribution in [0.3, 0.4) is 0 Å². The number of hydrogen-bond acceptors (Lipinski definition) is 3. The third kappa shape index (κ3) is 3.04. The molecule has 1 unspecified atom stereocenters. The largest absolute Gasteiger partial charge is 0.347 e. The molecule has 0 saturated carbocycles. The standard InChI is InChI=1S/C13H17ClN2OS/c1-4-13(5-2,8-15)12(17)16-9(3)10-6-7-11(14)18-10/h6-7,9H,4-5H2,1-3H3,(H,16,17). The Hall–Kier alpha value is -1.05. The Morgan fingerprint density at radius 1 is 1.56 bits per heavy atom. The maximum atomic E-state index is 12.2. The first kappa shape index (κ1) is 15.0. The highest BCUT2D eigenvalue weighted by Crippen LogP contribution is 2.30. The van der Waals surface area contributed by atoms with Gasteiger partial charge in [0.2, 0.25) is 5.91 Å². The van der Waals surface area contributed by atoms with Crippen LogP contribution in [-0.2, 0) is 4.79 Å². The summed E-state index contributed by atoms with van der Waals surface area (Å²) in [6, 6.07) is 5.72.